The summed E-state index contributed by atoms with van der Waals surface area (Å²) in [5, 5.41) is 4.59. The minimum Gasteiger partial charge on any atom is -0.309 e. The summed E-state index contributed by atoms with van der Waals surface area (Å²) >= 11 is 1.79. The Morgan fingerprint density at radius 3 is 2.94 bits per heavy atom. The van der Waals surface area contributed by atoms with Crippen LogP contribution in [0.4, 0.5) is 4.39 Å². The average Bonchev–Trinajstić information content (AvgIpc) is 3.05. The van der Waals surface area contributed by atoms with E-state index in [1.165, 1.54) is 22.4 Å². The standard InChI is InChI=1S/C14H16FNS/c1-2-16-14(9-3-4-9)13-8-10-7-11(15)5-6-12(10)17-13/h5-9,14,16H,2-4H2,1H3. The van der Waals surface area contributed by atoms with E-state index in [0.29, 0.717) is 6.04 Å². The van der Waals surface area contributed by atoms with Gasteiger partial charge in [0, 0.05) is 15.6 Å². The Morgan fingerprint density at radius 1 is 1.41 bits per heavy atom. The summed E-state index contributed by atoms with van der Waals surface area (Å²) in [5.41, 5.74) is 0. The van der Waals surface area contributed by atoms with Gasteiger partial charge in [-0.1, -0.05) is 6.92 Å². The lowest BCUT2D eigenvalue weighted by molar-refractivity contribution is 0.504. The molecule has 1 aromatic carbocycles. The summed E-state index contributed by atoms with van der Waals surface area (Å²) in [6, 6.07) is 7.68. The van der Waals surface area contributed by atoms with E-state index in [4.69, 9.17) is 0 Å². The first-order chi connectivity index (χ1) is 8.28. The van der Waals surface area contributed by atoms with Crippen LogP contribution in [0, 0.1) is 11.7 Å². The summed E-state index contributed by atoms with van der Waals surface area (Å²) in [6.07, 6.45) is 2.64. The fourth-order valence-electron chi connectivity index (χ4n) is 2.34. The lowest BCUT2D eigenvalue weighted by atomic mass is 10.1. The quantitative estimate of drug-likeness (QED) is 0.860. The number of benzene rings is 1. The van der Waals surface area contributed by atoms with Crippen molar-refractivity contribution in [2.24, 2.45) is 5.92 Å². The van der Waals surface area contributed by atoms with Gasteiger partial charge in [-0.2, -0.15) is 0 Å². The maximum atomic E-state index is 13.2. The summed E-state index contributed by atoms with van der Waals surface area (Å²) in [5.74, 6) is 0.640. The van der Waals surface area contributed by atoms with Crippen molar-refractivity contribution >= 4 is 21.4 Å². The molecule has 1 aromatic heterocycles. The molecule has 90 valence electrons. The van der Waals surface area contributed by atoms with E-state index in [0.717, 1.165) is 17.8 Å². The lowest BCUT2D eigenvalue weighted by Crippen LogP contribution is -2.21. The molecule has 1 aliphatic rings. The molecule has 0 aliphatic heterocycles. The van der Waals surface area contributed by atoms with Gasteiger partial charge in [-0.3, -0.25) is 0 Å². The first-order valence-corrected chi connectivity index (χ1v) is 7.02. The van der Waals surface area contributed by atoms with Gasteiger partial charge in [0.15, 0.2) is 0 Å². The number of hydrogen-bond acceptors (Lipinski definition) is 2. The van der Waals surface area contributed by atoms with E-state index in [1.54, 1.807) is 23.5 Å². The second-order valence-corrected chi connectivity index (χ2v) is 5.82. The molecular weight excluding hydrogens is 233 g/mol. The largest absolute Gasteiger partial charge is 0.309 e. The molecule has 1 saturated carbocycles. The lowest BCUT2D eigenvalue weighted by Gasteiger charge is -2.14. The second kappa shape index (κ2) is 4.39. The van der Waals surface area contributed by atoms with Crippen molar-refractivity contribution in [1.82, 2.24) is 5.32 Å². The third-order valence-corrected chi connectivity index (χ3v) is 4.52. The highest BCUT2D eigenvalue weighted by Gasteiger charge is 2.32. The van der Waals surface area contributed by atoms with E-state index in [2.05, 4.69) is 18.3 Å². The predicted molar refractivity (Wildman–Crippen MR) is 70.9 cm³/mol. The normalized spacial score (nSPS) is 17.5. The number of fused-ring (bicyclic) bond motifs is 1. The predicted octanol–water partition coefficient (Wildman–Crippen LogP) is 4.10. The van der Waals surface area contributed by atoms with Gasteiger partial charge in [-0.05, 0) is 55.0 Å². The molecule has 1 N–H and O–H groups in total. The van der Waals surface area contributed by atoms with Crippen LogP contribution in [0.15, 0.2) is 24.3 Å². The Morgan fingerprint density at radius 2 is 2.24 bits per heavy atom. The zero-order valence-electron chi connectivity index (χ0n) is 9.87. The van der Waals surface area contributed by atoms with Crippen molar-refractivity contribution in [3.63, 3.8) is 0 Å². The number of thiophene rings is 1. The highest BCUT2D eigenvalue weighted by Crippen LogP contribution is 2.44. The Bertz CT molecular complexity index is 530. The highest BCUT2D eigenvalue weighted by molar-refractivity contribution is 7.19. The van der Waals surface area contributed by atoms with E-state index in [1.807, 2.05) is 6.07 Å². The smallest absolute Gasteiger partial charge is 0.123 e. The maximum Gasteiger partial charge on any atom is 0.123 e. The van der Waals surface area contributed by atoms with Crippen molar-refractivity contribution in [3.05, 3.63) is 35.0 Å². The summed E-state index contributed by atoms with van der Waals surface area (Å²) in [7, 11) is 0. The van der Waals surface area contributed by atoms with Crippen LogP contribution in [-0.4, -0.2) is 6.54 Å². The van der Waals surface area contributed by atoms with E-state index in [9.17, 15) is 4.39 Å². The zero-order chi connectivity index (χ0) is 11.8. The SMILES string of the molecule is CCNC(c1cc2cc(F)ccc2s1)C1CC1. The Hall–Kier alpha value is -0.930. The van der Waals surface area contributed by atoms with Crippen molar-refractivity contribution in [3.8, 4) is 0 Å². The first kappa shape index (κ1) is 11.2. The molecule has 17 heavy (non-hydrogen) atoms. The van der Waals surface area contributed by atoms with E-state index >= 15 is 0 Å². The summed E-state index contributed by atoms with van der Waals surface area (Å²) in [4.78, 5) is 1.36. The van der Waals surface area contributed by atoms with E-state index < -0.39 is 0 Å². The van der Waals surface area contributed by atoms with Crippen LogP contribution in [0.5, 0.6) is 0 Å². The molecule has 0 amide bonds. The third-order valence-electron chi connectivity index (χ3n) is 3.32. The van der Waals surface area contributed by atoms with Crippen molar-refractivity contribution in [2.45, 2.75) is 25.8 Å². The van der Waals surface area contributed by atoms with Gasteiger partial charge in [-0.15, -0.1) is 11.3 Å². The van der Waals surface area contributed by atoms with Gasteiger partial charge in [0.25, 0.3) is 0 Å². The average molecular weight is 249 g/mol. The monoisotopic (exact) mass is 249 g/mol. The van der Waals surface area contributed by atoms with Gasteiger partial charge in [-0.25, -0.2) is 4.39 Å². The van der Waals surface area contributed by atoms with Gasteiger partial charge in [0.2, 0.25) is 0 Å². The minimum absolute atomic E-state index is 0.145. The van der Waals surface area contributed by atoms with Gasteiger partial charge < -0.3 is 5.32 Å². The molecule has 0 radical (unpaired) electrons. The fourth-order valence-corrected chi connectivity index (χ4v) is 3.55. The van der Waals surface area contributed by atoms with Gasteiger partial charge in [0.1, 0.15) is 5.82 Å². The van der Waals surface area contributed by atoms with Crippen molar-refractivity contribution in [1.29, 1.82) is 0 Å². The van der Waals surface area contributed by atoms with Crippen LogP contribution in [0.25, 0.3) is 10.1 Å². The molecule has 0 saturated heterocycles. The van der Waals surface area contributed by atoms with Gasteiger partial charge >= 0.3 is 0 Å². The van der Waals surface area contributed by atoms with Crippen LogP contribution in [0.2, 0.25) is 0 Å². The van der Waals surface area contributed by atoms with Crippen LogP contribution in [0.3, 0.4) is 0 Å². The number of hydrogen-bond donors (Lipinski definition) is 1. The topological polar surface area (TPSA) is 12.0 Å². The van der Waals surface area contributed by atoms with Crippen LogP contribution >= 0.6 is 11.3 Å². The maximum absolute atomic E-state index is 13.2. The zero-order valence-corrected chi connectivity index (χ0v) is 10.7. The fraction of sp³-hybridized carbons (Fsp3) is 0.429. The molecule has 1 unspecified atom stereocenters. The minimum atomic E-state index is -0.145. The number of nitrogens with one attached hydrogen (secondary N) is 1. The summed E-state index contributed by atoms with van der Waals surface area (Å²) < 4.78 is 14.3. The van der Waals surface area contributed by atoms with Crippen LogP contribution in [0.1, 0.15) is 30.7 Å². The molecule has 1 nitrogen and oxygen atoms in total. The molecule has 1 aliphatic carbocycles. The molecular formula is C14H16FNS. The Balaban J connectivity index is 1.98. The Labute approximate surface area is 105 Å². The molecule has 2 aromatic rings. The highest BCUT2D eigenvalue weighted by atomic mass is 32.1. The molecule has 0 spiro atoms. The molecule has 3 heteroatoms. The van der Waals surface area contributed by atoms with Crippen molar-refractivity contribution < 1.29 is 4.39 Å². The molecule has 0 bridgehead atoms. The number of rotatable bonds is 4. The Kier molecular flexibility index (Phi) is 2.89. The first-order valence-electron chi connectivity index (χ1n) is 6.20. The van der Waals surface area contributed by atoms with Crippen molar-refractivity contribution in [2.75, 3.05) is 6.54 Å². The molecule has 1 fully saturated rings. The number of halogens is 1. The molecule has 1 atom stereocenters. The van der Waals surface area contributed by atoms with Gasteiger partial charge in [0.05, 0.1) is 0 Å². The second-order valence-electron chi connectivity index (χ2n) is 4.70. The third kappa shape index (κ3) is 2.22. The molecule has 3 rings (SSSR count). The van der Waals surface area contributed by atoms with Crippen LogP contribution in [-0.2, 0) is 0 Å². The molecule has 1 heterocycles. The van der Waals surface area contributed by atoms with E-state index in [-0.39, 0.29) is 5.82 Å². The van der Waals surface area contributed by atoms with Crippen LogP contribution < -0.4 is 5.32 Å². The summed E-state index contributed by atoms with van der Waals surface area (Å²) in [6.45, 7) is 3.13.